The molecule has 2 heterocycles. The zero-order valence-electron chi connectivity index (χ0n) is 17.0. The third-order valence-electron chi connectivity index (χ3n) is 4.42. The Morgan fingerprint density at radius 2 is 1.69 bits per heavy atom. The summed E-state index contributed by atoms with van der Waals surface area (Å²) in [6.45, 7) is 2.78. The minimum Gasteiger partial charge on any atom is -0.453 e. The van der Waals surface area contributed by atoms with E-state index in [0.717, 1.165) is 20.8 Å². The predicted molar refractivity (Wildman–Crippen MR) is 101 cm³/mol. The van der Waals surface area contributed by atoms with Gasteiger partial charge in [-0.15, -0.1) is 0 Å². The number of ether oxygens (including phenoxy) is 4. The van der Waals surface area contributed by atoms with Crippen molar-refractivity contribution in [2.24, 2.45) is 0 Å². The van der Waals surface area contributed by atoms with Crippen molar-refractivity contribution >= 4 is 39.1 Å². The highest BCUT2D eigenvalue weighted by Gasteiger charge is 2.69. The quantitative estimate of drug-likeness (QED) is 0.336. The molecule has 2 aromatic rings. The molecule has 0 radical (unpaired) electrons. The number of carbonyl (C=O) groups is 3. The van der Waals surface area contributed by atoms with Gasteiger partial charge in [-0.2, -0.15) is 8.42 Å². The van der Waals surface area contributed by atoms with Crippen LogP contribution in [0.4, 0.5) is 0 Å². The molecule has 2 N–H and O–H groups in total. The van der Waals surface area contributed by atoms with E-state index in [1.165, 1.54) is 12.1 Å². The summed E-state index contributed by atoms with van der Waals surface area (Å²) in [6.07, 6.45) is -6.18. The lowest BCUT2D eigenvalue weighted by molar-refractivity contribution is -0.315. The minimum absolute atomic E-state index is 0.111. The molecular formula is C18H19NO12S. The molecule has 0 spiro atoms. The zero-order valence-corrected chi connectivity index (χ0v) is 17.8. The highest BCUT2D eigenvalue weighted by atomic mass is 32.2. The van der Waals surface area contributed by atoms with Gasteiger partial charge in [-0.05, 0) is 12.1 Å². The number of hydrogen-bond donors (Lipinski definition) is 2. The molecule has 32 heavy (non-hydrogen) atoms. The Morgan fingerprint density at radius 3 is 2.22 bits per heavy atom. The molecule has 0 aliphatic carbocycles. The summed E-state index contributed by atoms with van der Waals surface area (Å²) in [5.74, 6) is -3.80. The summed E-state index contributed by atoms with van der Waals surface area (Å²) in [5, 5.41) is 10.3. The molecule has 5 atom stereocenters. The lowest BCUT2D eigenvalue weighted by Gasteiger charge is -2.47. The number of hydrogen-bond acceptors (Lipinski definition) is 12. The van der Waals surface area contributed by atoms with Gasteiger partial charge in [0.05, 0.1) is 0 Å². The number of oxazole rings is 1. The fourth-order valence-corrected chi connectivity index (χ4v) is 4.40. The number of benzene rings is 1. The SMILES string of the molecule is CC(=O)O[C@@H]1[C@@H](O)OC(S(=O)(=O)O)[C@@](OC(C)=O)(c2nc3ccccc3o2)[C@H]1OC(C)=O. The highest BCUT2D eigenvalue weighted by Crippen LogP contribution is 2.46. The molecule has 1 fully saturated rings. The monoisotopic (exact) mass is 473 g/mol. The van der Waals surface area contributed by atoms with Crippen LogP contribution in [-0.4, -0.2) is 64.9 Å². The first kappa shape index (κ1) is 23.6. The number of esters is 3. The lowest BCUT2D eigenvalue weighted by atomic mass is 9.88. The maximum absolute atomic E-state index is 12.3. The summed E-state index contributed by atoms with van der Waals surface area (Å²) >= 11 is 0. The smallest absolute Gasteiger partial charge is 0.303 e. The Labute approximate surface area is 180 Å². The molecule has 3 rings (SSSR count). The molecule has 1 aliphatic rings. The van der Waals surface area contributed by atoms with Crippen molar-refractivity contribution in [1.29, 1.82) is 0 Å². The molecule has 1 unspecified atom stereocenters. The van der Waals surface area contributed by atoms with Crippen LogP contribution in [0.2, 0.25) is 0 Å². The van der Waals surface area contributed by atoms with Crippen molar-refractivity contribution < 1.29 is 55.8 Å². The van der Waals surface area contributed by atoms with Gasteiger partial charge in [-0.3, -0.25) is 18.9 Å². The number of para-hydroxylation sites is 2. The average Bonchev–Trinajstić information content (AvgIpc) is 3.09. The van der Waals surface area contributed by atoms with Gasteiger partial charge < -0.3 is 28.5 Å². The summed E-state index contributed by atoms with van der Waals surface area (Å²) in [6, 6.07) is 6.09. The molecular weight excluding hydrogens is 454 g/mol. The van der Waals surface area contributed by atoms with Crippen LogP contribution in [0, 0.1) is 0 Å². The number of carbonyl (C=O) groups excluding carboxylic acids is 3. The third-order valence-corrected chi connectivity index (χ3v) is 5.42. The van der Waals surface area contributed by atoms with E-state index in [9.17, 15) is 32.5 Å². The number of fused-ring (bicyclic) bond motifs is 1. The standard InChI is InChI=1S/C18H19NO12S/c1-8(20)27-13-14(28-9(2)21)18(31-10(3)22,17(30-15(13)23)32(24,25)26)16-19-11-6-4-5-7-12(11)29-16/h4-7,13-15,17,23H,1-3H3,(H,24,25,26)/t13-,14-,15-,17?,18-/m0/s1. The van der Waals surface area contributed by atoms with E-state index in [4.69, 9.17) is 23.4 Å². The van der Waals surface area contributed by atoms with Crippen LogP contribution < -0.4 is 0 Å². The number of aliphatic hydroxyl groups excluding tert-OH is 1. The van der Waals surface area contributed by atoms with E-state index < -0.39 is 63.5 Å². The number of rotatable bonds is 5. The molecule has 1 aromatic carbocycles. The summed E-state index contributed by atoms with van der Waals surface area (Å²) in [4.78, 5) is 39.7. The van der Waals surface area contributed by atoms with Gasteiger partial charge >= 0.3 is 17.9 Å². The van der Waals surface area contributed by atoms with Crippen molar-refractivity contribution in [3.63, 3.8) is 0 Å². The Balaban J connectivity index is 2.38. The van der Waals surface area contributed by atoms with Crippen LogP contribution in [0.25, 0.3) is 11.1 Å². The predicted octanol–water partition coefficient (Wildman–Crippen LogP) is 0.0121. The normalized spacial score (nSPS) is 28.2. The fourth-order valence-electron chi connectivity index (χ4n) is 3.42. The van der Waals surface area contributed by atoms with Gasteiger partial charge in [0.25, 0.3) is 15.7 Å². The highest BCUT2D eigenvalue weighted by molar-refractivity contribution is 7.86. The first-order valence-corrected chi connectivity index (χ1v) is 10.6. The molecule has 14 heteroatoms. The molecule has 174 valence electrons. The van der Waals surface area contributed by atoms with Crippen LogP contribution in [0.15, 0.2) is 28.7 Å². The van der Waals surface area contributed by atoms with E-state index in [2.05, 4.69) is 4.98 Å². The molecule has 1 aliphatic heterocycles. The fraction of sp³-hybridized carbons (Fsp3) is 0.444. The molecule has 0 bridgehead atoms. The summed E-state index contributed by atoms with van der Waals surface area (Å²) < 4.78 is 60.5. The van der Waals surface area contributed by atoms with Crippen LogP contribution in [-0.2, 0) is 49.1 Å². The van der Waals surface area contributed by atoms with Crippen molar-refractivity contribution in [1.82, 2.24) is 4.98 Å². The van der Waals surface area contributed by atoms with Crippen LogP contribution in [0.3, 0.4) is 0 Å². The van der Waals surface area contributed by atoms with E-state index in [-0.39, 0.29) is 11.1 Å². The zero-order chi connectivity index (χ0) is 23.8. The number of aromatic nitrogens is 1. The Bertz CT molecular complexity index is 1120. The number of nitrogens with zero attached hydrogens (tertiary/aromatic N) is 1. The van der Waals surface area contributed by atoms with Crippen molar-refractivity contribution in [3.8, 4) is 0 Å². The van der Waals surface area contributed by atoms with E-state index in [0.29, 0.717) is 0 Å². The van der Waals surface area contributed by atoms with Gasteiger partial charge in [-0.1, -0.05) is 12.1 Å². The van der Waals surface area contributed by atoms with Crippen molar-refractivity contribution in [2.45, 2.75) is 50.3 Å². The van der Waals surface area contributed by atoms with Gasteiger partial charge in [-0.25, -0.2) is 4.98 Å². The first-order valence-electron chi connectivity index (χ1n) is 9.06. The maximum atomic E-state index is 12.3. The molecule has 0 amide bonds. The number of aliphatic hydroxyl groups is 1. The second kappa shape index (κ2) is 8.46. The van der Waals surface area contributed by atoms with Gasteiger partial charge in [0.15, 0.2) is 24.1 Å². The first-order chi connectivity index (χ1) is 14.9. The van der Waals surface area contributed by atoms with E-state index >= 15 is 0 Å². The molecule has 1 aromatic heterocycles. The Hall–Kier alpha value is -3.07. The van der Waals surface area contributed by atoms with E-state index in [1.807, 2.05) is 0 Å². The Morgan fingerprint density at radius 1 is 1.06 bits per heavy atom. The molecule has 13 nitrogen and oxygen atoms in total. The largest absolute Gasteiger partial charge is 0.453 e. The third kappa shape index (κ3) is 4.29. The average molecular weight is 473 g/mol. The van der Waals surface area contributed by atoms with Crippen LogP contribution >= 0.6 is 0 Å². The van der Waals surface area contributed by atoms with Crippen LogP contribution in [0.1, 0.15) is 26.7 Å². The van der Waals surface area contributed by atoms with Crippen molar-refractivity contribution in [2.75, 3.05) is 0 Å². The second-order valence-electron chi connectivity index (χ2n) is 6.85. The molecule has 0 saturated carbocycles. The maximum Gasteiger partial charge on any atom is 0.303 e. The Kier molecular flexibility index (Phi) is 6.24. The second-order valence-corrected chi connectivity index (χ2v) is 8.31. The lowest BCUT2D eigenvalue weighted by Crippen LogP contribution is -2.69. The topological polar surface area (TPSA) is 189 Å². The van der Waals surface area contributed by atoms with Crippen molar-refractivity contribution in [3.05, 3.63) is 30.2 Å². The van der Waals surface area contributed by atoms with Gasteiger partial charge in [0.2, 0.25) is 11.3 Å². The molecule has 1 saturated heterocycles. The minimum atomic E-state index is -5.31. The van der Waals surface area contributed by atoms with E-state index in [1.54, 1.807) is 12.1 Å². The van der Waals surface area contributed by atoms with Crippen LogP contribution in [0.5, 0.6) is 0 Å². The summed E-state index contributed by atoms with van der Waals surface area (Å²) in [7, 11) is -5.31. The van der Waals surface area contributed by atoms with Gasteiger partial charge in [0.1, 0.15) is 5.52 Å². The van der Waals surface area contributed by atoms with Gasteiger partial charge in [0, 0.05) is 20.8 Å². The summed E-state index contributed by atoms with van der Waals surface area (Å²) in [5.41, 5.74) is -5.11.